The minimum absolute atomic E-state index is 0.0490. The van der Waals surface area contributed by atoms with E-state index in [9.17, 15) is 29.4 Å². The van der Waals surface area contributed by atoms with Gasteiger partial charge in [0.25, 0.3) is 0 Å². The first-order valence-corrected chi connectivity index (χ1v) is 12.0. The van der Waals surface area contributed by atoms with Crippen LogP contribution >= 0.6 is 0 Å². The molecule has 1 heterocycles. The number of carboxylic acids is 1. The normalized spacial score (nSPS) is 25.9. The quantitative estimate of drug-likeness (QED) is 0.423. The lowest BCUT2D eigenvalue weighted by Gasteiger charge is -2.22. The molecule has 8 heteroatoms. The van der Waals surface area contributed by atoms with Gasteiger partial charge in [0.15, 0.2) is 11.9 Å². The van der Waals surface area contributed by atoms with Crippen molar-refractivity contribution in [1.29, 1.82) is 0 Å². The van der Waals surface area contributed by atoms with Crippen molar-refractivity contribution < 1.29 is 38.9 Å². The van der Waals surface area contributed by atoms with Crippen LogP contribution in [0, 0.1) is 11.8 Å². The minimum Gasteiger partial charge on any atom is -0.481 e. The monoisotopic (exact) mass is 492 g/mol. The number of aliphatic carboxylic acids is 1. The van der Waals surface area contributed by atoms with Crippen LogP contribution in [0.5, 0.6) is 0 Å². The molecule has 8 nitrogen and oxygen atoms in total. The highest BCUT2D eigenvalue weighted by atomic mass is 16.6. The summed E-state index contributed by atoms with van der Waals surface area (Å²) in [5, 5.41) is 19.8. The lowest BCUT2D eigenvalue weighted by atomic mass is 9.89. The predicted octanol–water partition coefficient (Wildman–Crippen LogP) is 3.57. The second kappa shape index (κ2) is 11.3. The van der Waals surface area contributed by atoms with Gasteiger partial charge in [-0.15, -0.1) is 0 Å². The van der Waals surface area contributed by atoms with Crippen molar-refractivity contribution in [2.24, 2.45) is 11.8 Å². The first-order valence-electron chi connectivity index (χ1n) is 12.0. The van der Waals surface area contributed by atoms with Gasteiger partial charge in [0, 0.05) is 24.7 Å². The number of cyclic esters (lactones) is 1. The van der Waals surface area contributed by atoms with Crippen molar-refractivity contribution >= 4 is 23.7 Å². The van der Waals surface area contributed by atoms with E-state index in [2.05, 4.69) is 0 Å². The van der Waals surface area contributed by atoms with Crippen LogP contribution in [0.1, 0.15) is 42.5 Å². The second-order valence-corrected chi connectivity index (χ2v) is 9.16. The zero-order valence-electron chi connectivity index (χ0n) is 19.6. The number of rotatable bonds is 8. The fourth-order valence-electron chi connectivity index (χ4n) is 4.83. The van der Waals surface area contributed by atoms with Crippen LogP contribution in [0.4, 0.5) is 0 Å². The summed E-state index contributed by atoms with van der Waals surface area (Å²) in [7, 11) is 0. The number of carbonyl (C=O) groups excluding carboxylic acids is 3. The van der Waals surface area contributed by atoms with E-state index in [1.807, 2.05) is 42.5 Å². The van der Waals surface area contributed by atoms with Crippen molar-refractivity contribution in [2.45, 2.75) is 50.4 Å². The highest BCUT2D eigenvalue weighted by Gasteiger charge is 2.44. The van der Waals surface area contributed by atoms with Crippen molar-refractivity contribution in [3.05, 3.63) is 72.3 Å². The number of hydrogen-bond donors (Lipinski definition) is 2. The molecule has 1 aliphatic carbocycles. The van der Waals surface area contributed by atoms with Gasteiger partial charge in [0.2, 0.25) is 0 Å². The maximum absolute atomic E-state index is 12.9. The molecule has 2 aliphatic rings. The molecule has 0 bridgehead atoms. The van der Waals surface area contributed by atoms with Gasteiger partial charge < -0.3 is 19.7 Å². The number of carboxylic acid groups (broad SMARTS) is 1. The van der Waals surface area contributed by atoms with E-state index in [-0.39, 0.29) is 19.3 Å². The van der Waals surface area contributed by atoms with Gasteiger partial charge in [0.05, 0.1) is 18.1 Å². The molecule has 3 unspecified atom stereocenters. The maximum atomic E-state index is 12.9. The van der Waals surface area contributed by atoms with E-state index >= 15 is 0 Å². The molecule has 0 radical (unpaired) electrons. The Hall–Kier alpha value is -3.78. The fourth-order valence-corrected chi connectivity index (χ4v) is 4.83. The first kappa shape index (κ1) is 25.3. The largest absolute Gasteiger partial charge is 0.481 e. The van der Waals surface area contributed by atoms with Crippen molar-refractivity contribution in [1.82, 2.24) is 0 Å². The average molecular weight is 493 g/mol. The van der Waals surface area contributed by atoms with Crippen LogP contribution in [0.3, 0.4) is 0 Å². The molecule has 188 valence electrons. The molecule has 4 rings (SSSR count). The number of aliphatic hydroxyl groups excluding tert-OH is 1. The predicted molar refractivity (Wildman–Crippen MR) is 129 cm³/mol. The van der Waals surface area contributed by atoms with Crippen molar-refractivity contribution in [2.75, 3.05) is 0 Å². The van der Waals surface area contributed by atoms with Gasteiger partial charge in [-0.2, -0.15) is 0 Å². The van der Waals surface area contributed by atoms with Crippen LogP contribution < -0.4 is 0 Å². The Balaban J connectivity index is 1.48. The fraction of sp³-hybridized carbons (Fsp3) is 0.357. The van der Waals surface area contributed by atoms with Crippen LogP contribution in [0.2, 0.25) is 0 Å². The number of hydrogen-bond acceptors (Lipinski definition) is 7. The number of esters is 2. The van der Waals surface area contributed by atoms with E-state index in [0.29, 0.717) is 18.4 Å². The Morgan fingerprint density at radius 1 is 1.03 bits per heavy atom. The molecular weight excluding hydrogens is 464 g/mol. The van der Waals surface area contributed by atoms with Crippen LogP contribution in [-0.2, 0) is 23.9 Å². The molecule has 1 aliphatic heterocycles. The summed E-state index contributed by atoms with van der Waals surface area (Å²) in [4.78, 5) is 48.4. The average Bonchev–Trinajstić information content (AvgIpc) is 3.16. The Bertz CT molecular complexity index is 1140. The number of ketones is 1. The van der Waals surface area contributed by atoms with E-state index in [0.717, 1.165) is 11.1 Å². The van der Waals surface area contributed by atoms with E-state index in [1.54, 1.807) is 12.1 Å². The zero-order chi connectivity index (χ0) is 25.7. The topological polar surface area (TPSA) is 127 Å². The SMILES string of the molecule is O=C(O)C[C@@H]1C(O)CC(OC(=O)c2ccc(-c3ccccc3)cc2)[C@H]1C=CC(=O)C1CCCC(=O)O1. The summed E-state index contributed by atoms with van der Waals surface area (Å²) in [6.45, 7) is 0. The number of ether oxygens (including phenoxy) is 2. The van der Waals surface area contributed by atoms with Gasteiger partial charge >= 0.3 is 17.9 Å². The highest BCUT2D eigenvalue weighted by molar-refractivity contribution is 5.95. The Morgan fingerprint density at radius 2 is 1.72 bits per heavy atom. The smallest absolute Gasteiger partial charge is 0.338 e. The molecule has 0 amide bonds. The van der Waals surface area contributed by atoms with Crippen LogP contribution in [0.25, 0.3) is 11.1 Å². The highest BCUT2D eigenvalue weighted by Crippen LogP contribution is 2.38. The third kappa shape index (κ3) is 6.07. The zero-order valence-corrected chi connectivity index (χ0v) is 19.6. The van der Waals surface area contributed by atoms with E-state index < -0.39 is 53.8 Å². The van der Waals surface area contributed by atoms with Gasteiger partial charge in [-0.05, 0) is 42.2 Å². The Kier molecular flexibility index (Phi) is 7.95. The first-order chi connectivity index (χ1) is 17.3. The number of carbonyl (C=O) groups is 4. The summed E-state index contributed by atoms with van der Waals surface area (Å²) in [6, 6.07) is 16.6. The molecule has 36 heavy (non-hydrogen) atoms. The Labute approximate surface area is 208 Å². The summed E-state index contributed by atoms with van der Waals surface area (Å²) in [5.41, 5.74) is 2.26. The van der Waals surface area contributed by atoms with Crippen molar-refractivity contribution in [3.8, 4) is 11.1 Å². The van der Waals surface area contributed by atoms with Gasteiger partial charge in [-0.1, -0.05) is 48.5 Å². The molecule has 2 aromatic carbocycles. The third-order valence-electron chi connectivity index (χ3n) is 6.71. The van der Waals surface area contributed by atoms with E-state index in [1.165, 1.54) is 12.2 Å². The summed E-state index contributed by atoms with van der Waals surface area (Å²) >= 11 is 0. The lowest BCUT2D eigenvalue weighted by molar-refractivity contribution is -0.158. The molecule has 1 saturated carbocycles. The molecule has 0 aromatic heterocycles. The maximum Gasteiger partial charge on any atom is 0.338 e. The Morgan fingerprint density at radius 3 is 2.39 bits per heavy atom. The van der Waals surface area contributed by atoms with E-state index in [4.69, 9.17) is 9.47 Å². The van der Waals surface area contributed by atoms with Gasteiger partial charge in [0.1, 0.15) is 6.10 Å². The van der Waals surface area contributed by atoms with Crippen LogP contribution in [0.15, 0.2) is 66.7 Å². The summed E-state index contributed by atoms with van der Waals surface area (Å²) in [6.07, 6.45) is 0.954. The van der Waals surface area contributed by atoms with Gasteiger partial charge in [-0.25, -0.2) is 4.79 Å². The summed E-state index contributed by atoms with van der Waals surface area (Å²) in [5.74, 6) is -3.98. The standard InChI is InChI=1S/C28H28O8/c29-22(24-7-4-8-27(33)35-24)14-13-20-21(15-26(31)32)23(30)16-25(20)36-28(34)19-11-9-18(10-12-19)17-5-2-1-3-6-17/h1-3,5-6,9-14,20-21,23-25,30H,4,7-8,15-16H2,(H,31,32)/t20-,21-,23?,24?,25?/m0/s1. The summed E-state index contributed by atoms with van der Waals surface area (Å²) < 4.78 is 10.8. The molecule has 2 aromatic rings. The lowest BCUT2D eigenvalue weighted by Crippen LogP contribution is -2.30. The van der Waals surface area contributed by atoms with Crippen LogP contribution in [-0.4, -0.2) is 52.2 Å². The minimum atomic E-state index is -1.10. The van der Waals surface area contributed by atoms with Crippen molar-refractivity contribution in [3.63, 3.8) is 0 Å². The second-order valence-electron chi connectivity index (χ2n) is 9.16. The number of aliphatic hydroxyl groups is 1. The molecule has 0 spiro atoms. The molecule has 2 fully saturated rings. The molecule has 1 saturated heterocycles. The molecule has 2 N–H and O–H groups in total. The molecular formula is C28H28O8. The number of benzene rings is 2. The van der Waals surface area contributed by atoms with Gasteiger partial charge in [-0.3, -0.25) is 14.4 Å². The molecule has 5 atom stereocenters. The third-order valence-corrected chi connectivity index (χ3v) is 6.71.